The van der Waals surface area contributed by atoms with Crippen molar-refractivity contribution < 1.29 is 23.7 Å². The number of rotatable bonds is 10. The molecule has 2 aliphatic heterocycles. The van der Waals surface area contributed by atoms with Crippen molar-refractivity contribution in [3.05, 3.63) is 41.0 Å². The number of hydrogen-bond donors (Lipinski definition) is 1. The zero-order valence-corrected chi connectivity index (χ0v) is 24.1. The minimum Gasteiger partial charge on any atom is -0.495 e. The molecule has 40 heavy (non-hydrogen) atoms. The predicted octanol–water partition coefficient (Wildman–Crippen LogP) is 4.81. The molecule has 10 nitrogen and oxygen atoms in total. The Morgan fingerprint density at radius 1 is 1.18 bits per heavy atom. The highest BCUT2D eigenvalue weighted by atomic mass is 35.5. The first-order valence-corrected chi connectivity index (χ1v) is 13.7. The van der Waals surface area contributed by atoms with Gasteiger partial charge in [0.05, 0.1) is 66.9 Å². The van der Waals surface area contributed by atoms with Gasteiger partial charge in [0.25, 0.3) is 0 Å². The number of ether oxygens (including phenoxy) is 4. The van der Waals surface area contributed by atoms with Gasteiger partial charge in [-0.1, -0.05) is 29.8 Å². The van der Waals surface area contributed by atoms with Gasteiger partial charge in [0.1, 0.15) is 23.1 Å². The minimum absolute atomic E-state index is 0.00906. The lowest BCUT2D eigenvalue weighted by Crippen LogP contribution is -2.29. The molecular weight excluding hydrogens is 557 g/mol. The number of nitrogens with zero attached hydrogens (tertiary/aromatic N) is 4. The van der Waals surface area contributed by atoms with E-state index in [4.69, 9.17) is 52.1 Å². The normalized spacial score (nSPS) is 20.6. The first-order valence-electron chi connectivity index (χ1n) is 12.9. The zero-order valence-electron chi connectivity index (χ0n) is 22.6. The Hall–Kier alpha value is -3.18. The molecule has 0 bridgehead atoms. The quantitative estimate of drug-likeness (QED) is 0.332. The Morgan fingerprint density at radius 2 is 1.93 bits per heavy atom. The highest BCUT2D eigenvalue weighted by molar-refractivity contribution is 6.41. The van der Waals surface area contributed by atoms with Crippen LogP contribution in [0.2, 0.25) is 10.0 Å². The van der Waals surface area contributed by atoms with Crippen LogP contribution in [0.4, 0.5) is 11.6 Å². The van der Waals surface area contributed by atoms with Crippen LogP contribution in [0.1, 0.15) is 12.8 Å². The Labute approximate surface area is 242 Å². The average Bonchev–Trinajstić information content (AvgIpc) is 3.62. The van der Waals surface area contributed by atoms with E-state index >= 15 is 0 Å². The largest absolute Gasteiger partial charge is 0.495 e. The number of anilines is 2. The van der Waals surface area contributed by atoms with Crippen LogP contribution >= 0.6 is 23.2 Å². The number of fused-ring (bicyclic) bond motifs is 1. The summed E-state index contributed by atoms with van der Waals surface area (Å²) < 4.78 is 22.2. The molecule has 1 unspecified atom stereocenters. The van der Waals surface area contributed by atoms with E-state index in [9.17, 15) is 4.79 Å². The smallest absolute Gasteiger partial charge is 0.165 e. The lowest BCUT2D eigenvalue weighted by Gasteiger charge is -2.22. The Balaban J connectivity index is 1.59. The standard InChI is InChI=1S/C28H31Cl2N5O5/c1-5-16(36)8-15-13-40-14-20(15)32-23-9-18-19(11-31-23)33-27(34-28(18)35-7-6-17(12-35)37-2)24-25(29)21(38-3)10-22(39-4)26(24)30/h5,9-11,15,17,20H,1,6-8,12-14H2,2-4H3,(H,31,32)/t15-,17?,20+/m0/s1. The van der Waals surface area contributed by atoms with Crippen LogP contribution in [0.25, 0.3) is 22.3 Å². The fourth-order valence-electron chi connectivity index (χ4n) is 5.13. The van der Waals surface area contributed by atoms with Crippen molar-refractivity contribution >= 4 is 51.5 Å². The number of aromatic nitrogens is 3. The van der Waals surface area contributed by atoms with Crippen LogP contribution in [0.15, 0.2) is 31.0 Å². The van der Waals surface area contributed by atoms with E-state index in [1.807, 2.05) is 6.07 Å². The molecule has 2 saturated heterocycles. The Bertz CT molecular complexity index is 1410. The van der Waals surface area contributed by atoms with Crippen molar-refractivity contribution in [2.45, 2.75) is 25.0 Å². The van der Waals surface area contributed by atoms with E-state index in [0.717, 1.165) is 18.4 Å². The third-order valence-corrected chi connectivity index (χ3v) is 8.11. The summed E-state index contributed by atoms with van der Waals surface area (Å²) in [6.45, 7) is 5.98. The summed E-state index contributed by atoms with van der Waals surface area (Å²) in [7, 11) is 4.75. The molecule has 0 aliphatic carbocycles. The van der Waals surface area contributed by atoms with Crippen LogP contribution in [0.5, 0.6) is 11.5 Å². The van der Waals surface area contributed by atoms with Gasteiger partial charge in [0, 0.05) is 44.0 Å². The number of carbonyl (C=O) groups is 1. The van der Waals surface area contributed by atoms with Gasteiger partial charge in [-0.2, -0.15) is 0 Å². The van der Waals surface area contributed by atoms with E-state index in [1.165, 1.54) is 20.3 Å². The molecule has 0 saturated carbocycles. The predicted molar refractivity (Wildman–Crippen MR) is 155 cm³/mol. The second-order valence-electron chi connectivity index (χ2n) is 9.76. The maximum atomic E-state index is 12.0. The number of carbonyl (C=O) groups excluding carboxylic acids is 1. The summed E-state index contributed by atoms with van der Waals surface area (Å²) in [6, 6.07) is 3.49. The van der Waals surface area contributed by atoms with Crippen LogP contribution in [0, 0.1) is 5.92 Å². The van der Waals surface area contributed by atoms with Gasteiger partial charge in [-0.25, -0.2) is 15.0 Å². The lowest BCUT2D eigenvalue weighted by molar-refractivity contribution is -0.115. The van der Waals surface area contributed by atoms with Gasteiger partial charge < -0.3 is 29.2 Å². The number of halogens is 2. The zero-order chi connectivity index (χ0) is 28.4. The van der Waals surface area contributed by atoms with Crippen molar-refractivity contribution in [2.24, 2.45) is 5.92 Å². The Morgan fingerprint density at radius 3 is 2.58 bits per heavy atom. The molecule has 12 heteroatoms. The second kappa shape index (κ2) is 12.1. The summed E-state index contributed by atoms with van der Waals surface area (Å²) >= 11 is 13.4. The first kappa shape index (κ1) is 28.4. The number of pyridine rings is 1. The molecule has 0 amide bonds. The molecule has 2 aromatic heterocycles. The average molecular weight is 588 g/mol. The monoisotopic (exact) mass is 587 g/mol. The summed E-state index contributed by atoms with van der Waals surface area (Å²) in [5, 5.41) is 4.81. The molecule has 1 aromatic carbocycles. The SMILES string of the molecule is C=CC(=O)C[C@H]1COC[C@H]1Nc1cc2c(N3CCC(OC)C3)nc(-c3c(Cl)c(OC)cc(OC)c3Cl)nc2cn1. The number of allylic oxidation sites excluding steroid dienone is 1. The van der Waals surface area contributed by atoms with E-state index in [0.29, 0.717) is 66.2 Å². The van der Waals surface area contributed by atoms with E-state index < -0.39 is 0 Å². The van der Waals surface area contributed by atoms with Crippen LogP contribution < -0.4 is 19.7 Å². The molecule has 0 spiro atoms. The van der Waals surface area contributed by atoms with Crippen LogP contribution in [-0.2, 0) is 14.3 Å². The Kier molecular flexibility index (Phi) is 8.60. The summed E-state index contributed by atoms with van der Waals surface area (Å²) in [5.74, 6) is 2.47. The number of nitrogens with one attached hydrogen (secondary N) is 1. The maximum absolute atomic E-state index is 12.0. The van der Waals surface area contributed by atoms with Crippen molar-refractivity contribution in [1.82, 2.24) is 15.0 Å². The molecular formula is C28H31Cl2N5O5. The topological polar surface area (TPSA) is 108 Å². The molecule has 2 aliphatic rings. The molecule has 4 heterocycles. The van der Waals surface area contributed by atoms with E-state index in [-0.39, 0.29) is 33.9 Å². The van der Waals surface area contributed by atoms with Crippen LogP contribution in [-0.4, -0.2) is 80.5 Å². The van der Waals surface area contributed by atoms with E-state index in [2.05, 4.69) is 21.8 Å². The van der Waals surface area contributed by atoms with Crippen LogP contribution in [0.3, 0.4) is 0 Å². The first-order chi connectivity index (χ1) is 19.4. The third kappa shape index (κ3) is 5.54. The lowest BCUT2D eigenvalue weighted by atomic mass is 9.97. The van der Waals surface area contributed by atoms with E-state index in [1.54, 1.807) is 19.4 Å². The van der Waals surface area contributed by atoms with Gasteiger partial charge in [-0.3, -0.25) is 4.79 Å². The maximum Gasteiger partial charge on any atom is 0.165 e. The fraction of sp³-hybridized carbons (Fsp3) is 0.429. The van der Waals surface area contributed by atoms with Crippen molar-refractivity contribution in [1.29, 1.82) is 0 Å². The molecule has 3 aromatic rings. The molecule has 5 rings (SSSR count). The van der Waals surface area contributed by atoms with Gasteiger partial charge >= 0.3 is 0 Å². The molecule has 3 atom stereocenters. The molecule has 0 radical (unpaired) electrons. The van der Waals surface area contributed by atoms with Gasteiger partial charge in [0.15, 0.2) is 11.6 Å². The molecule has 2 fully saturated rings. The summed E-state index contributed by atoms with van der Waals surface area (Å²) in [5.41, 5.74) is 1.02. The highest BCUT2D eigenvalue weighted by Crippen LogP contribution is 2.46. The number of hydrogen-bond acceptors (Lipinski definition) is 10. The number of methoxy groups -OCH3 is 3. The van der Waals surface area contributed by atoms with Crippen molar-refractivity contribution in [3.63, 3.8) is 0 Å². The summed E-state index contributed by atoms with van der Waals surface area (Å²) in [6.07, 6.45) is 4.35. The number of benzene rings is 1. The van der Waals surface area contributed by atoms with Gasteiger partial charge in [-0.15, -0.1) is 0 Å². The van der Waals surface area contributed by atoms with Gasteiger partial charge in [-0.05, 0) is 18.6 Å². The highest BCUT2D eigenvalue weighted by Gasteiger charge is 2.31. The minimum atomic E-state index is -0.0657. The summed E-state index contributed by atoms with van der Waals surface area (Å²) in [4.78, 5) is 28.6. The number of ketones is 1. The van der Waals surface area contributed by atoms with Gasteiger partial charge in [0.2, 0.25) is 0 Å². The molecule has 212 valence electrons. The third-order valence-electron chi connectivity index (χ3n) is 7.36. The fourth-order valence-corrected chi connectivity index (χ4v) is 5.80. The van der Waals surface area contributed by atoms with Crippen molar-refractivity contribution in [2.75, 3.05) is 57.8 Å². The van der Waals surface area contributed by atoms with Crippen molar-refractivity contribution in [3.8, 4) is 22.9 Å². The molecule has 1 N–H and O–H groups in total. The second-order valence-corrected chi connectivity index (χ2v) is 10.5.